The number of halogens is 1. The second-order valence-electron chi connectivity index (χ2n) is 3.23. The van der Waals surface area contributed by atoms with E-state index in [1.54, 1.807) is 12.1 Å². The maximum absolute atomic E-state index is 13.4. The van der Waals surface area contributed by atoms with Gasteiger partial charge in [0.1, 0.15) is 5.82 Å². The van der Waals surface area contributed by atoms with Crippen LogP contribution in [-0.4, -0.2) is 16.7 Å². The minimum Gasteiger partial charge on any atom is -0.330 e. The third-order valence-electron chi connectivity index (χ3n) is 2.24. The summed E-state index contributed by atoms with van der Waals surface area (Å²) >= 11 is 0. The van der Waals surface area contributed by atoms with Gasteiger partial charge in [0.2, 0.25) is 0 Å². The molecule has 1 heterocycles. The van der Waals surface area contributed by atoms with Crippen LogP contribution in [0.5, 0.6) is 0 Å². The molecule has 0 aliphatic rings. The van der Waals surface area contributed by atoms with E-state index in [-0.39, 0.29) is 5.82 Å². The summed E-state index contributed by atoms with van der Waals surface area (Å²) in [5.74, 6) is -0.219. The monoisotopic (exact) mass is 193 g/mol. The van der Waals surface area contributed by atoms with Crippen LogP contribution in [0.25, 0.3) is 10.9 Å². The summed E-state index contributed by atoms with van der Waals surface area (Å²) in [6, 6.07) is 4.90. The number of rotatable bonds is 3. The number of nitrogens with two attached hydrogens (primary N) is 1. The van der Waals surface area contributed by atoms with Gasteiger partial charge < -0.3 is 5.73 Å². The molecule has 1 aromatic carbocycles. The molecule has 0 saturated heterocycles. The topological polar surface area (TPSA) is 54.7 Å². The van der Waals surface area contributed by atoms with Gasteiger partial charge in [-0.1, -0.05) is 6.07 Å². The second kappa shape index (κ2) is 3.75. The van der Waals surface area contributed by atoms with Crippen molar-refractivity contribution in [2.75, 3.05) is 6.54 Å². The third-order valence-corrected chi connectivity index (χ3v) is 2.24. The van der Waals surface area contributed by atoms with Gasteiger partial charge in [0.15, 0.2) is 0 Å². The molecule has 4 heteroatoms. The van der Waals surface area contributed by atoms with Crippen LogP contribution in [-0.2, 0) is 6.42 Å². The Morgan fingerprint density at radius 3 is 3.07 bits per heavy atom. The summed E-state index contributed by atoms with van der Waals surface area (Å²) in [6.07, 6.45) is 1.58. The van der Waals surface area contributed by atoms with Crippen LogP contribution in [0.1, 0.15) is 12.1 Å². The van der Waals surface area contributed by atoms with Gasteiger partial charge in [-0.2, -0.15) is 5.10 Å². The second-order valence-corrected chi connectivity index (χ2v) is 3.23. The number of nitrogens with zero attached hydrogens (tertiary/aromatic N) is 1. The van der Waals surface area contributed by atoms with Crippen molar-refractivity contribution in [2.45, 2.75) is 12.8 Å². The fourth-order valence-electron chi connectivity index (χ4n) is 1.55. The average Bonchev–Trinajstić information content (AvgIpc) is 2.59. The SMILES string of the molecule is NCCCc1[nH]nc2cccc(F)c12. The standard InChI is InChI=1S/C10H12FN3/c11-7-3-1-4-8-10(7)9(14-13-8)5-2-6-12/h1,3-4H,2,5-6,12H2,(H,13,14). The fourth-order valence-corrected chi connectivity index (χ4v) is 1.55. The highest BCUT2D eigenvalue weighted by atomic mass is 19.1. The van der Waals surface area contributed by atoms with Gasteiger partial charge in [0.05, 0.1) is 10.9 Å². The Balaban J connectivity index is 2.45. The van der Waals surface area contributed by atoms with E-state index < -0.39 is 0 Å². The normalized spacial score (nSPS) is 11.0. The zero-order chi connectivity index (χ0) is 9.97. The molecule has 0 aliphatic heterocycles. The predicted molar refractivity (Wildman–Crippen MR) is 53.4 cm³/mol. The van der Waals surface area contributed by atoms with Crippen molar-refractivity contribution in [2.24, 2.45) is 5.73 Å². The van der Waals surface area contributed by atoms with Gasteiger partial charge in [-0.3, -0.25) is 5.10 Å². The van der Waals surface area contributed by atoms with E-state index in [4.69, 9.17) is 5.73 Å². The first-order valence-electron chi connectivity index (χ1n) is 4.64. The molecule has 0 amide bonds. The largest absolute Gasteiger partial charge is 0.330 e. The van der Waals surface area contributed by atoms with E-state index in [2.05, 4.69) is 10.2 Å². The summed E-state index contributed by atoms with van der Waals surface area (Å²) in [5, 5.41) is 7.47. The molecule has 1 aromatic heterocycles. The Hall–Kier alpha value is -1.42. The Morgan fingerprint density at radius 2 is 2.29 bits per heavy atom. The number of aromatic amines is 1. The first-order valence-corrected chi connectivity index (χ1v) is 4.64. The van der Waals surface area contributed by atoms with E-state index in [0.29, 0.717) is 17.4 Å². The van der Waals surface area contributed by atoms with Crippen molar-refractivity contribution >= 4 is 10.9 Å². The van der Waals surface area contributed by atoms with E-state index in [0.717, 1.165) is 18.5 Å². The van der Waals surface area contributed by atoms with Crippen molar-refractivity contribution < 1.29 is 4.39 Å². The van der Waals surface area contributed by atoms with Crippen LogP contribution in [0.3, 0.4) is 0 Å². The van der Waals surface area contributed by atoms with Gasteiger partial charge >= 0.3 is 0 Å². The molecule has 0 spiro atoms. The molecule has 2 aromatic rings. The van der Waals surface area contributed by atoms with Crippen LogP contribution in [0.4, 0.5) is 4.39 Å². The van der Waals surface area contributed by atoms with Gasteiger partial charge in [0.25, 0.3) is 0 Å². The highest BCUT2D eigenvalue weighted by Gasteiger charge is 2.08. The van der Waals surface area contributed by atoms with Crippen LogP contribution in [0.2, 0.25) is 0 Å². The van der Waals surface area contributed by atoms with E-state index in [1.165, 1.54) is 6.07 Å². The van der Waals surface area contributed by atoms with Crippen LogP contribution < -0.4 is 5.73 Å². The molecule has 0 saturated carbocycles. The van der Waals surface area contributed by atoms with Gasteiger partial charge in [-0.15, -0.1) is 0 Å². The van der Waals surface area contributed by atoms with Crippen LogP contribution in [0.15, 0.2) is 18.2 Å². The fraction of sp³-hybridized carbons (Fsp3) is 0.300. The molecular formula is C10H12FN3. The molecule has 14 heavy (non-hydrogen) atoms. The Kier molecular flexibility index (Phi) is 2.45. The van der Waals surface area contributed by atoms with E-state index >= 15 is 0 Å². The lowest BCUT2D eigenvalue weighted by Crippen LogP contribution is -2.00. The summed E-state index contributed by atoms with van der Waals surface area (Å²) in [5.41, 5.74) is 6.91. The number of hydrogen-bond acceptors (Lipinski definition) is 2. The molecule has 3 N–H and O–H groups in total. The zero-order valence-corrected chi connectivity index (χ0v) is 7.76. The highest BCUT2D eigenvalue weighted by molar-refractivity contribution is 5.81. The number of nitrogens with one attached hydrogen (secondary N) is 1. The molecule has 0 bridgehead atoms. The minimum atomic E-state index is -0.219. The molecule has 3 nitrogen and oxygen atoms in total. The molecule has 74 valence electrons. The lowest BCUT2D eigenvalue weighted by atomic mass is 10.1. The van der Waals surface area contributed by atoms with Crippen molar-refractivity contribution in [3.05, 3.63) is 29.7 Å². The number of hydrogen-bond donors (Lipinski definition) is 2. The summed E-state index contributed by atoms with van der Waals surface area (Å²) in [4.78, 5) is 0. The van der Waals surface area contributed by atoms with Crippen molar-refractivity contribution in [3.8, 4) is 0 Å². The number of H-pyrrole nitrogens is 1. The quantitative estimate of drug-likeness (QED) is 0.777. The number of aromatic nitrogens is 2. The third kappa shape index (κ3) is 1.48. The van der Waals surface area contributed by atoms with Crippen molar-refractivity contribution in [3.63, 3.8) is 0 Å². The highest BCUT2D eigenvalue weighted by Crippen LogP contribution is 2.19. The van der Waals surface area contributed by atoms with Crippen LogP contribution >= 0.6 is 0 Å². The maximum atomic E-state index is 13.4. The number of fused-ring (bicyclic) bond motifs is 1. The van der Waals surface area contributed by atoms with Gasteiger partial charge in [0, 0.05) is 5.69 Å². The lowest BCUT2D eigenvalue weighted by Gasteiger charge is -1.97. The predicted octanol–water partition coefficient (Wildman–Crippen LogP) is 1.59. The minimum absolute atomic E-state index is 0.219. The summed E-state index contributed by atoms with van der Waals surface area (Å²) in [6.45, 7) is 0.606. The first-order chi connectivity index (χ1) is 6.83. The van der Waals surface area contributed by atoms with Gasteiger partial charge in [-0.05, 0) is 31.5 Å². The molecule has 0 radical (unpaired) electrons. The maximum Gasteiger partial charge on any atom is 0.134 e. The molecular weight excluding hydrogens is 181 g/mol. The molecule has 0 atom stereocenters. The summed E-state index contributed by atoms with van der Waals surface area (Å²) in [7, 11) is 0. The molecule has 0 fully saturated rings. The average molecular weight is 193 g/mol. The zero-order valence-electron chi connectivity index (χ0n) is 7.76. The summed E-state index contributed by atoms with van der Waals surface area (Å²) < 4.78 is 13.4. The molecule has 0 unspecified atom stereocenters. The first kappa shape index (κ1) is 9.15. The smallest absolute Gasteiger partial charge is 0.134 e. The number of aryl methyl sites for hydroxylation is 1. The molecule has 0 aliphatic carbocycles. The Bertz CT molecular complexity index is 436. The van der Waals surface area contributed by atoms with Gasteiger partial charge in [-0.25, -0.2) is 4.39 Å². The van der Waals surface area contributed by atoms with E-state index in [1.807, 2.05) is 0 Å². The lowest BCUT2D eigenvalue weighted by molar-refractivity contribution is 0.638. The van der Waals surface area contributed by atoms with E-state index in [9.17, 15) is 4.39 Å². The Labute approximate surface area is 81.1 Å². The Morgan fingerprint density at radius 1 is 1.43 bits per heavy atom. The number of benzene rings is 1. The van der Waals surface area contributed by atoms with Crippen LogP contribution in [0, 0.1) is 5.82 Å². The van der Waals surface area contributed by atoms with Crippen molar-refractivity contribution in [1.82, 2.24) is 10.2 Å². The van der Waals surface area contributed by atoms with Crippen molar-refractivity contribution in [1.29, 1.82) is 0 Å². The molecule has 2 rings (SSSR count).